The van der Waals surface area contributed by atoms with Crippen LogP contribution in [0.5, 0.6) is 0 Å². The molecule has 6 heteroatoms. The van der Waals surface area contributed by atoms with Gasteiger partial charge in [0.25, 0.3) is 5.56 Å². The highest BCUT2D eigenvalue weighted by Crippen LogP contribution is 1.97. The molecule has 1 amide bonds. The SMILES string of the molecule is Nc1ccc(=O)n(CC(=O)NCCc2ccncc2)c1. The van der Waals surface area contributed by atoms with Crippen molar-refractivity contribution in [3.63, 3.8) is 0 Å². The van der Waals surface area contributed by atoms with Crippen molar-refractivity contribution in [2.45, 2.75) is 13.0 Å². The Bertz CT molecular complexity index is 637. The molecule has 6 nitrogen and oxygen atoms in total. The first-order chi connectivity index (χ1) is 9.65. The lowest BCUT2D eigenvalue weighted by molar-refractivity contribution is -0.121. The van der Waals surface area contributed by atoms with Gasteiger partial charge in [-0.15, -0.1) is 0 Å². The molecule has 0 radical (unpaired) electrons. The number of aromatic nitrogens is 2. The molecule has 2 rings (SSSR count). The number of hydrogen-bond donors (Lipinski definition) is 2. The van der Waals surface area contributed by atoms with E-state index in [1.807, 2.05) is 12.1 Å². The minimum Gasteiger partial charge on any atom is -0.398 e. The van der Waals surface area contributed by atoms with Gasteiger partial charge in [0.05, 0.1) is 0 Å². The number of nitrogens with two attached hydrogens (primary N) is 1. The van der Waals surface area contributed by atoms with Gasteiger partial charge in [-0.2, -0.15) is 0 Å². The third kappa shape index (κ3) is 3.94. The minimum atomic E-state index is -0.247. The van der Waals surface area contributed by atoms with Gasteiger partial charge in [-0.1, -0.05) is 0 Å². The summed E-state index contributed by atoms with van der Waals surface area (Å²) in [5, 5.41) is 2.77. The largest absolute Gasteiger partial charge is 0.398 e. The minimum absolute atomic E-state index is 0.0276. The first-order valence-electron chi connectivity index (χ1n) is 6.27. The van der Waals surface area contributed by atoms with Gasteiger partial charge in [0.2, 0.25) is 5.91 Å². The fourth-order valence-electron chi connectivity index (χ4n) is 1.78. The molecule has 0 bridgehead atoms. The summed E-state index contributed by atoms with van der Waals surface area (Å²) in [7, 11) is 0. The summed E-state index contributed by atoms with van der Waals surface area (Å²) in [6.45, 7) is 0.486. The number of pyridine rings is 2. The lowest BCUT2D eigenvalue weighted by atomic mass is 10.2. The van der Waals surface area contributed by atoms with Crippen molar-refractivity contribution in [1.29, 1.82) is 0 Å². The number of amides is 1. The summed E-state index contributed by atoms with van der Waals surface area (Å²) < 4.78 is 1.29. The highest BCUT2D eigenvalue weighted by molar-refractivity contribution is 5.75. The smallest absolute Gasteiger partial charge is 0.251 e. The molecular weight excluding hydrogens is 256 g/mol. The van der Waals surface area contributed by atoms with E-state index >= 15 is 0 Å². The number of hydrogen-bond acceptors (Lipinski definition) is 4. The molecule has 0 aliphatic heterocycles. The molecule has 0 unspecified atom stereocenters. The van der Waals surface area contributed by atoms with Crippen molar-refractivity contribution in [3.8, 4) is 0 Å². The zero-order valence-electron chi connectivity index (χ0n) is 11.0. The van der Waals surface area contributed by atoms with Gasteiger partial charge in [0.1, 0.15) is 6.54 Å². The Morgan fingerprint density at radius 2 is 2.00 bits per heavy atom. The molecule has 0 saturated carbocycles. The van der Waals surface area contributed by atoms with Gasteiger partial charge in [0.15, 0.2) is 0 Å². The highest BCUT2D eigenvalue weighted by Gasteiger charge is 2.04. The summed E-state index contributed by atoms with van der Waals surface area (Å²) in [6.07, 6.45) is 5.61. The standard InChI is InChI=1S/C14H16N4O2/c15-12-1-2-14(20)18(9-12)10-13(19)17-8-5-11-3-6-16-7-4-11/h1-4,6-7,9H,5,8,10,15H2,(H,17,19). The van der Waals surface area contributed by atoms with Gasteiger partial charge in [-0.25, -0.2) is 0 Å². The van der Waals surface area contributed by atoms with Crippen LogP contribution in [-0.4, -0.2) is 22.0 Å². The van der Waals surface area contributed by atoms with Crippen LogP contribution in [0.2, 0.25) is 0 Å². The van der Waals surface area contributed by atoms with Crippen LogP contribution in [0.4, 0.5) is 5.69 Å². The number of nitrogens with one attached hydrogen (secondary N) is 1. The van der Waals surface area contributed by atoms with Crippen molar-refractivity contribution in [1.82, 2.24) is 14.9 Å². The number of anilines is 1. The Balaban J connectivity index is 1.84. The lowest BCUT2D eigenvalue weighted by Crippen LogP contribution is -2.33. The Kier molecular flexibility index (Phi) is 4.49. The van der Waals surface area contributed by atoms with Gasteiger partial charge in [-0.05, 0) is 30.2 Å². The van der Waals surface area contributed by atoms with E-state index in [1.165, 1.54) is 22.9 Å². The second-order valence-corrected chi connectivity index (χ2v) is 4.38. The zero-order valence-corrected chi connectivity index (χ0v) is 11.0. The van der Waals surface area contributed by atoms with Crippen molar-refractivity contribution < 1.29 is 4.79 Å². The van der Waals surface area contributed by atoms with Crippen LogP contribution in [0.15, 0.2) is 47.7 Å². The van der Waals surface area contributed by atoms with E-state index in [0.717, 1.165) is 12.0 Å². The number of carbonyl (C=O) groups excluding carboxylic acids is 1. The highest BCUT2D eigenvalue weighted by atomic mass is 16.2. The second kappa shape index (κ2) is 6.51. The average Bonchev–Trinajstić information content (AvgIpc) is 2.44. The van der Waals surface area contributed by atoms with Crippen LogP contribution >= 0.6 is 0 Å². The quantitative estimate of drug-likeness (QED) is 0.812. The van der Waals surface area contributed by atoms with E-state index in [4.69, 9.17) is 5.73 Å². The predicted molar refractivity (Wildman–Crippen MR) is 76.1 cm³/mol. The van der Waals surface area contributed by atoms with E-state index in [1.54, 1.807) is 12.4 Å². The van der Waals surface area contributed by atoms with Crippen molar-refractivity contribution in [3.05, 3.63) is 58.8 Å². The molecule has 2 aromatic heterocycles. The number of nitrogens with zero attached hydrogens (tertiary/aromatic N) is 2. The van der Waals surface area contributed by atoms with Crippen LogP contribution < -0.4 is 16.6 Å². The van der Waals surface area contributed by atoms with Crippen molar-refractivity contribution in [2.75, 3.05) is 12.3 Å². The second-order valence-electron chi connectivity index (χ2n) is 4.38. The first-order valence-corrected chi connectivity index (χ1v) is 6.27. The normalized spacial score (nSPS) is 10.2. The van der Waals surface area contributed by atoms with Gasteiger partial charge >= 0.3 is 0 Å². The van der Waals surface area contributed by atoms with Crippen molar-refractivity contribution in [2.24, 2.45) is 0 Å². The molecule has 2 heterocycles. The zero-order chi connectivity index (χ0) is 14.4. The summed E-state index contributed by atoms with van der Waals surface area (Å²) >= 11 is 0. The molecule has 0 aliphatic carbocycles. The Morgan fingerprint density at radius 3 is 2.75 bits per heavy atom. The molecule has 0 fully saturated rings. The lowest BCUT2D eigenvalue weighted by Gasteiger charge is -2.08. The van der Waals surface area contributed by atoms with Crippen LogP contribution in [-0.2, 0) is 17.8 Å². The molecule has 2 aromatic rings. The third-order valence-electron chi connectivity index (χ3n) is 2.81. The summed E-state index contributed by atoms with van der Waals surface area (Å²) in [6, 6.07) is 6.66. The van der Waals surface area contributed by atoms with E-state index in [9.17, 15) is 9.59 Å². The van der Waals surface area contributed by atoms with Gasteiger partial charge < -0.3 is 15.6 Å². The molecule has 0 spiro atoms. The Morgan fingerprint density at radius 1 is 1.25 bits per heavy atom. The molecule has 0 aromatic carbocycles. The molecule has 3 N–H and O–H groups in total. The van der Waals surface area contributed by atoms with Crippen LogP contribution in [0.25, 0.3) is 0 Å². The predicted octanol–water partition coefficient (Wildman–Crippen LogP) is 0.184. The van der Waals surface area contributed by atoms with Crippen molar-refractivity contribution >= 4 is 11.6 Å². The first kappa shape index (κ1) is 13.8. The van der Waals surface area contributed by atoms with E-state index in [-0.39, 0.29) is 18.0 Å². The van der Waals surface area contributed by atoms with E-state index in [0.29, 0.717) is 12.2 Å². The van der Waals surface area contributed by atoms with Crippen LogP contribution in [0.1, 0.15) is 5.56 Å². The maximum atomic E-state index is 11.7. The van der Waals surface area contributed by atoms with Gasteiger partial charge in [-0.3, -0.25) is 14.6 Å². The monoisotopic (exact) mass is 272 g/mol. The molecular formula is C14H16N4O2. The topological polar surface area (TPSA) is 90.0 Å². The molecule has 0 aliphatic rings. The van der Waals surface area contributed by atoms with E-state index in [2.05, 4.69) is 10.3 Å². The average molecular weight is 272 g/mol. The fraction of sp³-hybridized carbons (Fsp3) is 0.214. The summed E-state index contributed by atoms with van der Waals surface area (Å²) in [5.74, 6) is -0.216. The molecule has 0 saturated heterocycles. The molecule has 0 atom stereocenters. The third-order valence-corrected chi connectivity index (χ3v) is 2.81. The molecule has 20 heavy (non-hydrogen) atoms. The van der Waals surface area contributed by atoms with Gasteiger partial charge in [0, 0.05) is 36.9 Å². The Hall–Kier alpha value is -2.63. The fourth-order valence-corrected chi connectivity index (χ4v) is 1.78. The van der Waals surface area contributed by atoms with Crippen LogP contribution in [0, 0.1) is 0 Å². The molecule has 104 valence electrons. The Labute approximate surface area is 116 Å². The number of nitrogen functional groups attached to an aromatic ring is 1. The van der Waals surface area contributed by atoms with E-state index < -0.39 is 0 Å². The summed E-state index contributed by atoms with van der Waals surface area (Å²) in [5.41, 5.74) is 6.89. The number of rotatable bonds is 5. The number of carbonyl (C=O) groups is 1. The van der Waals surface area contributed by atoms with Crippen LogP contribution in [0.3, 0.4) is 0 Å². The maximum Gasteiger partial charge on any atom is 0.251 e. The maximum absolute atomic E-state index is 11.7. The summed E-state index contributed by atoms with van der Waals surface area (Å²) in [4.78, 5) is 27.2.